The molecule has 1 aliphatic rings. The molecule has 0 saturated carbocycles. The van der Waals surface area contributed by atoms with Gasteiger partial charge in [-0.3, -0.25) is 0 Å². The molecule has 0 unspecified atom stereocenters. The zero-order valence-corrected chi connectivity index (χ0v) is 15.4. The molecule has 0 amide bonds. The molecular weight excluding hydrogens is 361 g/mol. The number of rotatable bonds is 7. The molecule has 3 aromatic carbocycles. The van der Waals surface area contributed by atoms with Crippen molar-refractivity contribution in [1.82, 2.24) is 0 Å². The van der Waals surface area contributed by atoms with Gasteiger partial charge in [0.05, 0.1) is 7.11 Å². The third kappa shape index (κ3) is 4.11. The summed E-state index contributed by atoms with van der Waals surface area (Å²) in [5, 5.41) is 3.36. The summed E-state index contributed by atoms with van der Waals surface area (Å²) in [7, 11) is 1.61. The van der Waals surface area contributed by atoms with Crippen molar-refractivity contribution in [2.24, 2.45) is 0 Å². The number of hydrogen-bond donors (Lipinski definition) is 1. The zero-order chi connectivity index (χ0) is 19.3. The van der Waals surface area contributed by atoms with E-state index in [1.165, 1.54) is 12.1 Å². The quantitative estimate of drug-likeness (QED) is 0.640. The van der Waals surface area contributed by atoms with E-state index in [4.69, 9.17) is 18.9 Å². The van der Waals surface area contributed by atoms with Gasteiger partial charge >= 0.3 is 0 Å². The lowest BCUT2D eigenvalue weighted by atomic mass is 10.2. The first kappa shape index (κ1) is 18.0. The molecule has 0 radical (unpaired) electrons. The molecule has 0 fully saturated rings. The Labute approximate surface area is 162 Å². The molecule has 1 N–H and O–H groups in total. The van der Waals surface area contributed by atoms with Crippen LogP contribution >= 0.6 is 0 Å². The summed E-state index contributed by atoms with van der Waals surface area (Å²) in [6.45, 7) is 1.22. The zero-order valence-electron chi connectivity index (χ0n) is 15.4. The topological polar surface area (TPSA) is 49.0 Å². The molecule has 0 aliphatic carbocycles. The van der Waals surface area contributed by atoms with Crippen LogP contribution in [-0.4, -0.2) is 13.9 Å². The van der Waals surface area contributed by atoms with Crippen molar-refractivity contribution in [3.63, 3.8) is 0 Å². The fourth-order valence-electron chi connectivity index (χ4n) is 2.89. The predicted molar refractivity (Wildman–Crippen MR) is 104 cm³/mol. The Balaban J connectivity index is 1.39. The summed E-state index contributed by atoms with van der Waals surface area (Å²) in [6.07, 6.45) is 0. The van der Waals surface area contributed by atoms with Crippen LogP contribution in [0.4, 0.5) is 10.1 Å². The maximum absolute atomic E-state index is 13.0. The fourth-order valence-corrected chi connectivity index (χ4v) is 2.89. The van der Waals surface area contributed by atoms with Gasteiger partial charge in [-0.1, -0.05) is 18.2 Å². The van der Waals surface area contributed by atoms with Gasteiger partial charge in [-0.2, -0.15) is 0 Å². The highest BCUT2D eigenvalue weighted by Gasteiger charge is 2.13. The number of methoxy groups -OCH3 is 1. The lowest BCUT2D eigenvalue weighted by molar-refractivity contribution is 0.174. The fraction of sp³-hybridized carbons (Fsp3) is 0.182. The second-order valence-electron chi connectivity index (χ2n) is 6.32. The Bertz CT molecular complexity index is 959. The maximum Gasteiger partial charge on any atom is 0.231 e. The van der Waals surface area contributed by atoms with E-state index in [2.05, 4.69) is 5.32 Å². The summed E-state index contributed by atoms with van der Waals surface area (Å²) < 4.78 is 35.0. The highest BCUT2D eigenvalue weighted by atomic mass is 19.1. The van der Waals surface area contributed by atoms with Crippen molar-refractivity contribution in [3.05, 3.63) is 77.6 Å². The van der Waals surface area contributed by atoms with Crippen LogP contribution in [0.2, 0.25) is 0 Å². The van der Waals surface area contributed by atoms with Crippen LogP contribution in [0.15, 0.2) is 60.7 Å². The van der Waals surface area contributed by atoms with Gasteiger partial charge in [0.25, 0.3) is 0 Å². The van der Waals surface area contributed by atoms with Crippen molar-refractivity contribution in [3.8, 4) is 23.0 Å². The Morgan fingerprint density at radius 3 is 2.50 bits per heavy atom. The van der Waals surface area contributed by atoms with E-state index in [-0.39, 0.29) is 12.6 Å². The highest BCUT2D eigenvalue weighted by molar-refractivity contribution is 5.56. The van der Waals surface area contributed by atoms with Crippen molar-refractivity contribution >= 4 is 5.69 Å². The van der Waals surface area contributed by atoms with Crippen LogP contribution in [0.1, 0.15) is 11.1 Å². The van der Waals surface area contributed by atoms with Crippen molar-refractivity contribution in [2.45, 2.75) is 13.2 Å². The molecule has 0 atom stereocenters. The van der Waals surface area contributed by atoms with E-state index < -0.39 is 0 Å². The highest BCUT2D eigenvalue weighted by Crippen LogP contribution is 2.34. The molecule has 1 heterocycles. The number of benzene rings is 3. The molecule has 0 saturated heterocycles. The van der Waals surface area contributed by atoms with Gasteiger partial charge in [0.2, 0.25) is 6.79 Å². The summed E-state index contributed by atoms with van der Waals surface area (Å²) in [4.78, 5) is 0. The van der Waals surface area contributed by atoms with Crippen LogP contribution in [0, 0.1) is 5.82 Å². The van der Waals surface area contributed by atoms with Gasteiger partial charge in [0.15, 0.2) is 23.0 Å². The van der Waals surface area contributed by atoms with Crippen LogP contribution in [0.3, 0.4) is 0 Å². The van der Waals surface area contributed by atoms with Gasteiger partial charge in [-0.05, 0) is 47.5 Å². The van der Waals surface area contributed by atoms with Crippen LogP contribution in [0.5, 0.6) is 23.0 Å². The number of fused-ring (bicyclic) bond motifs is 1. The third-order valence-electron chi connectivity index (χ3n) is 4.40. The van der Waals surface area contributed by atoms with Crippen molar-refractivity contribution < 1.29 is 23.3 Å². The molecule has 0 bridgehead atoms. The van der Waals surface area contributed by atoms with E-state index in [1.807, 2.05) is 36.4 Å². The molecule has 5 nitrogen and oxygen atoms in total. The van der Waals surface area contributed by atoms with Gasteiger partial charge in [-0.25, -0.2) is 4.39 Å². The average molecular weight is 381 g/mol. The van der Waals surface area contributed by atoms with Crippen LogP contribution < -0.4 is 24.3 Å². The van der Waals surface area contributed by atoms with E-state index >= 15 is 0 Å². The molecule has 28 heavy (non-hydrogen) atoms. The van der Waals surface area contributed by atoms with Crippen LogP contribution in [0.25, 0.3) is 0 Å². The largest absolute Gasteiger partial charge is 0.493 e. The van der Waals surface area contributed by atoms with E-state index in [1.54, 1.807) is 19.2 Å². The number of hydrogen-bond acceptors (Lipinski definition) is 5. The number of nitrogens with one attached hydrogen (secondary N) is 1. The van der Waals surface area contributed by atoms with Gasteiger partial charge in [0.1, 0.15) is 12.4 Å². The van der Waals surface area contributed by atoms with Gasteiger partial charge in [-0.15, -0.1) is 0 Å². The Hall–Kier alpha value is -3.41. The molecule has 6 heteroatoms. The lowest BCUT2D eigenvalue weighted by Crippen LogP contribution is -2.02. The minimum atomic E-state index is -0.263. The summed E-state index contributed by atoms with van der Waals surface area (Å²) >= 11 is 0. The first-order valence-electron chi connectivity index (χ1n) is 8.89. The standard InChI is InChI=1S/C22H20FNO4/c1-25-21-10-16(12-24-18-7-9-20-22(11-18)28-14-27-20)4-8-19(21)26-13-15-2-5-17(23)6-3-15/h2-11,24H,12-14H2,1H3. The number of anilines is 1. The smallest absolute Gasteiger partial charge is 0.231 e. The minimum absolute atomic E-state index is 0.259. The van der Waals surface area contributed by atoms with Crippen molar-refractivity contribution in [2.75, 3.05) is 19.2 Å². The molecule has 0 aromatic heterocycles. The second kappa shape index (κ2) is 8.08. The SMILES string of the molecule is COc1cc(CNc2ccc3c(c2)OCO3)ccc1OCc1ccc(F)cc1. The third-order valence-corrected chi connectivity index (χ3v) is 4.40. The lowest BCUT2D eigenvalue weighted by Gasteiger charge is -2.13. The van der Waals surface area contributed by atoms with E-state index in [9.17, 15) is 4.39 Å². The Morgan fingerprint density at radius 2 is 1.68 bits per heavy atom. The van der Waals surface area contributed by atoms with Gasteiger partial charge < -0.3 is 24.3 Å². The second-order valence-corrected chi connectivity index (χ2v) is 6.32. The predicted octanol–water partition coefficient (Wildman–Crippen LogP) is 4.75. The first-order valence-corrected chi connectivity index (χ1v) is 8.89. The summed E-state index contributed by atoms with van der Waals surface area (Å²) in [5.41, 5.74) is 2.88. The summed E-state index contributed by atoms with van der Waals surface area (Å²) in [6, 6.07) is 17.8. The Morgan fingerprint density at radius 1 is 0.893 bits per heavy atom. The van der Waals surface area contributed by atoms with Crippen molar-refractivity contribution in [1.29, 1.82) is 0 Å². The summed E-state index contributed by atoms with van der Waals surface area (Å²) in [5.74, 6) is 2.52. The molecular formula is C22H20FNO4. The van der Waals surface area contributed by atoms with E-state index in [0.29, 0.717) is 24.7 Å². The van der Waals surface area contributed by atoms with Crippen LogP contribution in [-0.2, 0) is 13.2 Å². The average Bonchev–Trinajstić information content (AvgIpc) is 3.20. The number of ether oxygens (including phenoxy) is 4. The molecule has 3 aromatic rings. The molecule has 4 rings (SSSR count). The number of halogens is 1. The van der Waals surface area contributed by atoms with Gasteiger partial charge in [0, 0.05) is 18.3 Å². The Kier molecular flexibility index (Phi) is 5.19. The molecule has 144 valence electrons. The molecule has 1 aliphatic heterocycles. The van der Waals surface area contributed by atoms with E-state index in [0.717, 1.165) is 28.3 Å². The maximum atomic E-state index is 13.0. The normalized spacial score (nSPS) is 11.9. The monoisotopic (exact) mass is 381 g/mol. The first-order chi connectivity index (χ1) is 13.7. The minimum Gasteiger partial charge on any atom is -0.493 e. The molecule has 0 spiro atoms.